The van der Waals surface area contributed by atoms with Crippen molar-refractivity contribution < 1.29 is 33.6 Å². The van der Waals surface area contributed by atoms with Crippen LogP contribution in [-0.2, 0) is 20.9 Å². The second kappa shape index (κ2) is 9.02. The number of methoxy groups -OCH3 is 4. The number of carbonyl (C=O) groups is 2. The van der Waals surface area contributed by atoms with Crippen LogP contribution in [0.15, 0.2) is 30.3 Å². The molecular weight excluding hydrogens is 414 g/mol. The summed E-state index contributed by atoms with van der Waals surface area (Å²) in [6.45, 7) is 3.39. The third kappa shape index (κ3) is 3.94. The summed E-state index contributed by atoms with van der Waals surface area (Å²) >= 11 is 0. The van der Waals surface area contributed by atoms with Gasteiger partial charge in [0.2, 0.25) is 0 Å². The molecule has 0 unspecified atom stereocenters. The lowest BCUT2D eigenvalue weighted by Gasteiger charge is -2.18. The predicted octanol–water partition coefficient (Wildman–Crippen LogP) is 3.76. The highest BCUT2D eigenvalue weighted by Crippen LogP contribution is 2.43. The van der Waals surface area contributed by atoms with Gasteiger partial charge in [-0.1, -0.05) is 30.4 Å². The van der Waals surface area contributed by atoms with Crippen molar-refractivity contribution in [2.45, 2.75) is 26.2 Å². The molecule has 1 heterocycles. The van der Waals surface area contributed by atoms with Crippen molar-refractivity contribution in [2.75, 3.05) is 28.4 Å². The molecule has 170 valence electrons. The van der Waals surface area contributed by atoms with E-state index in [1.54, 1.807) is 33.1 Å². The summed E-state index contributed by atoms with van der Waals surface area (Å²) in [5.41, 5.74) is 0.531. The molecule has 0 spiro atoms. The number of rotatable bonds is 7. The van der Waals surface area contributed by atoms with E-state index >= 15 is 0 Å². The van der Waals surface area contributed by atoms with Gasteiger partial charge in [-0.05, 0) is 25.5 Å². The minimum atomic E-state index is -1.17. The molecule has 3 aromatic rings. The van der Waals surface area contributed by atoms with Crippen LogP contribution in [0.3, 0.4) is 0 Å². The SMILES string of the molecule is COCn1c2ccccc2c2c(/C=C/C(C)(C)O)c(C(=O)OC)c(C(=O)OC)c(OC)c21. The first-order chi connectivity index (χ1) is 15.2. The molecule has 0 aliphatic heterocycles. The molecule has 0 amide bonds. The fourth-order valence-corrected chi connectivity index (χ4v) is 3.83. The zero-order valence-electron chi connectivity index (χ0n) is 19.0. The molecule has 3 rings (SSSR count). The van der Waals surface area contributed by atoms with Gasteiger partial charge < -0.3 is 28.6 Å². The van der Waals surface area contributed by atoms with Crippen molar-refractivity contribution in [1.82, 2.24) is 4.57 Å². The van der Waals surface area contributed by atoms with Gasteiger partial charge >= 0.3 is 11.9 Å². The van der Waals surface area contributed by atoms with Crippen molar-refractivity contribution in [1.29, 1.82) is 0 Å². The smallest absolute Gasteiger partial charge is 0.342 e. The minimum absolute atomic E-state index is 0.00970. The second-order valence-corrected chi connectivity index (χ2v) is 7.75. The largest absolute Gasteiger partial charge is 0.494 e. The van der Waals surface area contributed by atoms with Crippen LogP contribution in [-0.4, -0.2) is 55.7 Å². The van der Waals surface area contributed by atoms with E-state index in [0.717, 1.165) is 10.9 Å². The zero-order valence-corrected chi connectivity index (χ0v) is 19.0. The summed E-state index contributed by atoms with van der Waals surface area (Å²) in [6, 6.07) is 7.58. The van der Waals surface area contributed by atoms with Gasteiger partial charge in [0.25, 0.3) is 0 Å². The minimum Gasteiger partial charge on any atom is -0.494 e. The highest BCUT2D eigenvalue weighted by atomic mass is 16.5. The summed E-state index contributed by atoms with van der Waals surface area (Å²) in [5.74, 6) is -1.32. The molecule has 0 radical (unpaired) electrons. The Morgan fingerprint density at radius 1 is 1.03 bits per heavy atom. The quantitative estimate of drug-likeness (QED) is 0.558. The van der Waals surface area contributed by atoms with Gasteiger partial charge in [-0.2, -0.15) is 0 Å². The molecular formula is C24H27NO7. The van der Waals surface area contributed by atoms with Gasteiger partial charge in [0.15, 0.2) is 5.75 Å². The molecule has 0 fully saturated rings. The number of aliphatic hydroxyl groups is 1. The summed E-state index contributed by atoms with van der Waals surface area (Å²) in [4.78, 5) is 25.9. The first kappa shape index (κ1) is 23.3. The average Bonchev–Trinajstić information content (AvgIpc) is 3.09. The Kier molecular flexibility index (Phi) is 6.57. The van der Waals surface area contributed by atoms with E-state index in [1.807, 2.05) is 28.8 Å². The third-order valence-corrected chi connectivity index (χ3v) is 5.10. The topological polar surface area (TPSA) is 96.2 Å². The highest BCUT2D eigenvalue weighted by Gasteiger charge is 2.32. The lowest BCUT2D eigenvalue weighted by atomic mass is 9.92. The molecule has 0 atom stereocenters. The second-order valence-electron chi connectivity index (χ2n) is 7.75. The first-order valence-corrected chi connectivity index (χ1v) is 9.92. The molecule has 0 saturated carbocycles. The molecule has 0 aliphatic carbocycles. The van der Waals surface area contributed by atoms with Crippen LogP contribution < -0.4 is 4.74 Å². The maximum atomic E-state index is 13.0. The number of nitrogens with zero attached hydrogens (tertiary/aromatic N) is 1. The Morgan fingerprint density at radius 3 is 2.22 bits per heavy atom. The van der Waals surface area contributed by atoms with Gasteiger partial charge in [0.05, 0.1) is 43.5 Å². The Bertz CT molecular complexity index is 1220. The van der Waals surface area contributed by atoms with Crippen molar-refractivity contribution in [3.8, 4) is 5.75 Å². The van der Waals surface area contributed by atoms with Crippen molar-refractivity contribution in [2.24, 2.45) is 0 Å². The van der Waals surface area contributed by atoms with Crippen molar-refractivity contribution in [3.05, 3.63) is 47.0 Å². The van der Waals surface area contributed by atoms with Gasteiger partial charge in [-0.25, -0.2) is 9.59 Å². The van der Waals surface area contributed by atoms with Gasteiger partial charge in [0.1, 0.15) is 12.3 Å². The number of para-hydroxylation sites is 1. The normalized spacial score (nSPS) is 12.0. The number of aromatic nitrogens is 1. The Morgan fingerprint density at radius 2 is 1.66 bits per heavy atom. The fourth-order valence-electron chi connectivity index (χ4n) is 3.83. The number of benzene rings is 2. The van der Waals surface area contributed by atoms with Crippen LogP contribution in [0.4, 0.5) is 0 Å². The average molecular weight is 441 g/mol. The summed E-state index contributed by atoms with van der Waals surface area (Å²) < 4.78 is 23.0. The number of hydrogen-bond donors (Lipinski definition) is 1. The highest BCUT2D eigenvalue weighted by molar-refractivity contribution is 6.21. The number of hydrogen-bond acceptors (Lipinski definition) is 7. The van der Waals surface area contributed by atoms with Crippen molar-refractivity contribution in [3.63, 3.8) is 0 Å². The summed E-state index contributed by atoms with van der Waals surface area (Å²) in [6.07, 6.45) is 3.16. The van der Waals surface area contributed by atoms with Crippen LogP contribution in [0.25, 0.3) is 27.9 Å². The Hall–Kier alpha value is -3.36. The molecule has 8 heteroatoms. The van der Waals surface area contributed by atoms with E-state index in [9.17, 15) is 14.7 Å². The van der Waals surface area contributed by atoms with Crippen LogP contribution in [0, 0.1) is 0 Å². The molecule has 0 bridgehead atoms. The van der Waals surface area contributed by atoms with Crippen molar-refractivity contribution >= 4 is 39.8 Å². The Labute approximate surface area is 185 Å². The maximum absolute atomic E-state index is 13.0. The number of carbonyl (C=O) groups excluding carboxylic acids is 2. The number of ether oxygens (including phenoxy) is 4. The van der Waals surface area contributed by atoms with Crippen LogP contribution in [0.1, 0.15) is 40.1 Å². The van der Waals surface area contributed by atoms with E-state index in [4.69, 9.17) is 18.9 Å². The standard InChI is InChI=1S/C24H27NO7/c1-24(2,28)12-11-15-17-14-9-7-8-10-16(14)25(13-29-3)20(17)21(30-4)19(23(27)32-6)18(15)22(26)31-5/h7-12,28H,13H2,1-6H3/b12-11+. The lowest BCUT2D eigenvalue weighted by molar-refractivity contribution is 0.0552. The molecule has 1 aromatic heterocycles. The molecule has 8 nitrogen and oxygen atoms in total. The Balaban J connectivity index is 2.71. The van der Waals surface area contributed by atoms with Crippen LogP contribution in [0.5, 0.6) is 5.75 Å². The van der Waals surface area contributed by atoms with E-state index in [-0.39, 0.29) is 23.6 Å². The molecule has 1 N–H and O–H groups in total. The third-order valence-electron chi connectivity index (χ3n) is 5.10. The fraction of sp³-hybridized carbons (Fsp3) is 0.333. The van der Waals surface area contributed by atoms with E-state index in [0.29, 0.717) is 16.5 Å². The monoisotopic (exact) mass is 441 g/mol. The van der Waals surface area contributed by atoms with E-state index in [1.165, 1.54) is 21.3 Å². The molecule has 2 aromatic carbocycles. The van der Waals surface area contributed by atoms with E-state index < -0.39 is 17.5 Å². The summed E-state index contributed by atoms with van der Waals surface area (Å²) in [5, 5.41) is 11.8. The predicted molar refractivity (Wildman–Crippen MR) is 121 cm³/mol. The summed E-state index contributed by atoms with van der Waals surface area (Å²) in [7, 11) is 5.44. The molecule has 32 heavy (non-hydrogen) atoms. The van der Waals surface area contributed by atoms with Crippen LogP contribution >= 0.6 is 0 Å². The van der Waals surface area contributed by atoms with Crippen LogP contribution in [0.2, 0.25) is 0 Å². The number of esters is 2. The van der Waals surface area contributed by atoms with Gasteiger partial charge in [-0.3, -0.25) is 0 Å². The van der Waals surface area contributed by atoms with Gasteiger partial charge in [0, 0.05) is 17.9 Å². The molecule has 0 saturated heterocycles. The first-order valence-electron chi connectivity index (χ1n) is 9.92. The van der Waals surface area contributed by atoms with E-state index in [2.05, 4.69) is 0 Å². The molecule has 0 aliphatic rings. The maximum Gasteiger partial charge on any atom is 0.342 e. The number of fused-ring (bicyclic) bond motifs is 3. The lowest BCUT2D eigenvalue weighted by Crippen LogP contribution is -2.17. The van der Waals surface area contributed by atoms with Gasteiger partial charge in [-0.15, -0.1) is 0 Å². The zero-order chi connectivity index (χ0) is 23.6.